The molecule has 0 spiro atoms. The molecule has 0 saturated heterocycles. The molecule has 0 aliphatic rings. The van der Waals surface area contributed by atoms with Gasteiger partial charge in [0.1, 0.15) is 6.61 Å². The van der Waals surface area contributed by atoms with Crippen LogP contribution >= 0.6 is 0 Å². The minimum absolute atomic E-state index is 0.0112. The maximum atomic E-state index is 10.6. The lowest BCUT2D eigenvalue weighted by Crippen LogP contribution is -2.10. The molecule has 0 fully saturated rings. The molecule has 0 unspecified atom stereocenters. The van der Waals surface area contributed by atoms with Gasteiger partial charge in [0.25, 0.3) is 0 Å². The summed E-state index contributed by atoms with van der Waals surface area (Å²) in [6.07, 6.45) is 2.67. The number of aromatic carboxylic acids is 1. The van der Waals surface area contributed by atoms with Crippen LogP contribution in [0.3, 0.4) is 0 Å². The number of ether oxygens (including phenoxy) is 2. The Hall–Kier alpha value is -1.69. The average molecular weight is 198 g/mol. The van der Waals surface area contributed by atoms with Gasteiger partial charge < -0.3 is 14.6 Å². The monoisotopic (exact) mass is 198 g/mol. The smallest absolute Gasteiger partial charge is 0.360 e. The fourth-order valence-electron chi connectivity index (χ4n) is 0.799. The maximum Gasteiger partial charge on any atom is 0.360 e. The largest absolute Gasteiger partial charge is 0.476 e. The number of carboxylic acids is 1. The van der Waals surface area contributed by atoms with Gasteiger partial charge in [-0.15, -0.1) is 0 Å². The molecular weight excluding hydrogens is 188 g/mol. The molecule has 0 amide bonds. The van der Waals surface area contributed by atoms with E-state index in [1.165, 1.54) is 19.5 Å². The zero-order chi connectivity index (χ0) is 10.4. The maximum absolute atomic E-state index is 10.6. The van der Waals surface area contributed by atoms with Crippen LogP contribution in [0.5, 0.6) is 5.88 Å². The molecule has 0 aromatic carbocycles. The van der Waals surface area contributed by atoms with E-state index in [0.717, 1.165) is 0 Å². The lowest BCUT2D eigenvalue weighted by Gasteiger charge is -2.05. The molecule has 0 aliphatic heterocycles. The third kappa shape index (κ3) is 2.67. The minimum Gasteiger partial charge on any atom is -0.476 e. The van der Waals surface area contributed by atoms with Crippen LogP contribution in [-0.2, 0) is 4.74 Å². The minimum atomic E-state index is -1.16. The van der Waals surface area contributed by atoms with Gasteiger partial charge in [-0.3, -0.25) is 0 Å². The summed E-state index contributed by atoms with van der Waals surface area (Å²) in [7, 11) is 1.53. The van der Waals surface area contributed by atoms with Gasteiger partial charge in [0.05, 0.1) is 6.61 Å². The van der Waals surface area contributed by atoms with E-state index in [1.54, 1.807) is 0 Å². The third-order valence-corrected chi connectivity index (χ3v) is 1.39. The van der Waals surface area contributed by atoms with Crippen LogP contribution in [0.2, 0.25) is 0 Å². The normalized spacial score (nSPS) is 9.79. The molecule has 6 heteroatoms. The topological polar surface area (TPSA) is 81.5 Å². The van der Waals surface area contributed by atoms with Gasteiger partial charge >= 0.3 is 5.97 Å². The molecule has 0 bridgehead atoms. The second kappa shape index (κ2) is 5.13. The van der Waals surface area contributed by atoms with Crippen molar-refractivity contribution in [2.45, 2.75) is 0 Å². The fourth-order valence-corrected chi connectivity index (χ4v) is 0.799. The van der Waals surface area contributed by atoms with E-state index < -0.39 is 5.97 Å². The van der Waals surface area contributed by atoms with Crippen molar-refractivity contribution in [3.05, 3.63) is 18.1 Å². The highest BCUT2D eigenvalue weighted by atomic mass is 16.5. The second-order valence-electron chi connectivity index (χ2n) is 2.36. The van der Waals surface area contributed by atoms with Crippen LogP contribution in [0, 0.1) is 0 Å². The first-order valence-corrected chi connectivity index (χ1v) is 3.91. The van der Waals surface area contributed by atoms with Crippen LogP contribution in [0.15, 0.2) is 12.4 Å². The molecule has 76 valence electrons. The fraction of sp³-hybridized carbons (Fsp3) is 0.375. The number of rotatable bonds is 5. The lowest BCUT2D eigenvalue weighted by molar-refractivity contribution is 0.0680. The van der Waals surface area contributed by atoms with Crippen molar-refractivity contribution in [3.8, 4) is 5.88 Å². The average Bonchev–Trinajstić information content (AvgIpc) is 2.19. The summed E-state index contributed by atoms with van der Waals surface area (Å²) in [5.41, 5.74) is -0.191. The highest BCUT2D eigenvalue weighted by molar-refractivity contribution is 5.87. The number of aromatic nitrogens is 2. The molecule has 1 rings (SSSR count). The summed E-state index contributed by atoms with van der Waals surface area (Å²) < 4.78 is 9.80. The van der Waals surface area contributed by atoms with Crippen LogP contribution in [0.25, 0.3) is 0 Å². The van der Waals surface area contributed by atoms with Crippen molar-refractivity contribution in [1.29, 1.82) is 0 Å². The highest BCUT2D eigenvalue weighted by Gasteiger charge is 2.13. The van der Waals surface area contributed by atoms with Gasteiger partial charge in [0, 0.05) is 19.5 Å². The van der Waals surface area contributed by atoms with E-state index in [9.17, 15) is 4.79 Å². The Bertz CT molecular complexity index is 316. The Labute approximate surface area is 80.5 Å². The molecule has 1 N–H and O–H groups in total. The second-order valence-corrected chi connectivity index (χ2v) is 2.36. The summed E-state index contributed by atoms with van der Waals surface area (Å²) in [5, 5.41) is 8.71. The zero-order valence-corrected chi connectivity index (χ0v) is 7.64. The third-order valence-electron chi connectivity index (χ3n) is 1.39. The van der Waals surface area contributed by atoms with Crippen molar-refractivity contribution in [1.82, 2.24) is 9.97 Å². The first kappa shape index (κ1) is 10.4. The van der Waals surface area contributed by atoms with Gasteiger partial charge in [-0.2, -0.15) is 0 Å². The van der Waals surface area contributed by atoms with Crippen LogP contribution in [0.1, 0.15) is 10.5 Å². The Morgan fingerprint density at radius 2 is 2.14 bits per heavy atom. The summed E-state index contributed by atoms with van der Waals surface area (Å²) >= 11 is 0. The number of carboxylic acid groups (broad SMARTS) is 1. The number of nitrogens with zero attached hydrogens (tertiary/aromatic N) is 2. The summed E-state index contributed by atoms with van der Waals surface area (Å²) in [6.45, 7) is 0.616. The number of methoxy groups -OCH3 is 1. The van der Waals surface area contributed by atoms with E-state index >= 15 is 0 Å². The highest BCUT2D eigenvalue weighted by Crippen LogP contribution is 2.10. The van der Waals surface area contributed by atoms with Crippen molar-refractivity contribution < 1.29 is 19.4 Å². The molecule has 0 atom stereocenters. The summed E-state index contributed by atoms with van der Waals surface area (Å²) in [6, 6.07) is 0. The molecule has 0 aliphatic carbocycles. The first-order valence-electron chi connectivity index (χ1n) is 3.91. The molecule has 1 heterocycles. The van der Waals surface area contributed by atoms with Gasteiger partial charge in [0.15, 0.2) is 0 Å². The van der Waals surface area contributed by atoms with E-state index in [0.29, 0.717) is 6.61 Å². The molecular formula is C8H10N2O4. The Morgan fingerprint density at radius 3 is 2.79 bits per heavy atom. The summed E-state index contributed by atoms with van der Waals surface area (Å²) in [4.78, 5) is 18.0. The van der Waals surface area contributed by atoms with E-state index in [-0.39, 0.29) is 18.2 Å². The Morgan fingerprint density at radius 1 is 1.43 bits per heavy atom. The lowest BCUT2D eigenvalue weighted by atomic mass is 10.4. The SMILES string of the molecule is COCCOc1nccnc1C(=O)O. The molecule has 1 aromatic heterocycles. The standard InChI is InChI=1S/C8H10N2O4/c1-13-4-5-14-7-6(8(11)12)9-2-3-10-7/h2-3H,4-5H2,1H3,(H,11,12). The molecule has 0 radical (unpaired) electrons. The Balaban J connectivity index is 2.69. The number of carbonyl (C=O) groups is 1. The first-order chi connectivity index (χ1) is 6.75. The molecule has 6 nitrogen and oxygen atoms in total. The van der Waals surface area contributed by atoms with Crippen molar-refractivity contribution in [2.24, 2.45) is 0 Å². The number of hydrogen-bond acceptors (Lipinski definition) is 5. The van der Waals surface area contributed by atoms with Crippen molar-refractivity contribution >= 4 is 5.97 Å². The van der Waals surface area contributed by atoms with Gasteiger partial charge in [-0.25, -0.2) is 14.8 Å². The number of hydrogen-bond donors (Lipinski definition) is 1. The van der Waals surface area contributed by atoms with Crippen LogP contribution < -0.4 is 4.74 Å². The molecule has 0 saturated carbocycles. The van der Waals surface area contributed by atoms with Gasteiger partial charge in [-0.05, 0) is 0 Å². The van der Waals surface area contributed by atoms with Crippen LogP contribution in [-0.4, -0.2) is 41.4 Å². The summed E-state index contributed by atoms with van der Waals surface area (Å²) in [5.74, 6) is -1.15. The van der Waals surface area contributed by atoms with Crippen molar-refractivity contribution in [2.75, 3.05) is 20.3 Å². The predicted molar refractivity (Wildman–Crippen MR) is 46.4 cm³/mol. The quantitative estimate of drug-likeness (QED) is 0.680. The predicted octanol–water partition coefficient (Wildman–Crippen LogP) is 0.200. The van der Waals surface area contributed by atoms with Gasteiger partial charge in [0.2, 0.25) is 11.6 Å². The van der Waals surface area contributed by atoms with Gasteiger partial charge in [-0.1, -0.05) is 0 Å². The molecule has 1 aromatic rings. The molecule has 14 heavy (non-hydrogen) atoms. The zero-order valence-electron chi connectivity index (χ0n) is 7.64. The Kier molecular flexibility index (Phi) is 3.81. The van der Waals surface area contributed by atoms with Crippen molar-refractivity contribution in [3.63, 3.8) is 0 Å². The van der Waals surface area contributed by atoms with E-state index in [1.807, 2.05) is 0 Å². The van der Waals surface area contributed by atoms with Crippen LogP contribution in [0.4, 0.5) is 0 Å². The van der Waals surface area contributed by atoms with E-state index in [4.69, 9.17) is 14.6 Å². The van der Waals surface area contributed by atoms with E-state index in [2.05, 4.69) is 9.97 Å².